The van der Waals surface area contributed by atoms with Gasteiger partial charge in [0.05, 0.1) is 7.11 Å². The maximum atomic E-state index is 9.64. The molecule has 0 unspecified atom stereocenters. The van der Waals surface area contributed by atoms with Crippen molar-refractivity contribution in [2.45, 2.75) is 0 Å². The van der Waals surface area contributed by atoms with Gasteiger partial charge in [0.2, 0.25) is 0 Å². The van der Waals surface area contributed by atoms with Gasteiger partial charge in [0.25, 0.3) is 0 Å². The van der Waals surface area contributed by atoms with E-state index in [4.69, 9.17) is 9.15 Å². The Morgan fingerprint density at radius 1 is 1.10 bits per heavy atom. The SMILES string of the molecule is COc1cc(-c2cc(=NO)c3ccccc3o2)ccc1O. The Hall–Kier alpha value is -2.95. The predicted molar refractivity (Wildman–Crippen MR) is 77.2 cm³/mol. The van der Waals surface area contributed by atoms with E-state index in [-0.39, 0.29) is 5.75 Å². The number of hydrogen-bond acceptors (Lipinski definition) is 5. The third kappa shape index (κ3) is 2.29. The maximum Gasteiger partial charge on any atom is 0.161 e. The molecule has 3 aromatic rings. The van der Waals surface area contributed by atoms with Crippen LogP contribution in [0.25, 0.3) is 22.3 Å². The number of methoxy groups -OCH3 is 1. The summed E-state index contributed by atoms with van der Waals surface area (Å²) in [6.07, 6.45) is 0. The van der Waals surface area contributed by atoms with Crippen LogP contribution in [-0.4, -0.2) is 17.4 Å². The second-order valence-corrected chi connectivity index (χ2v) is 4.48. The van der Waals surface area contributed by atoms with Crippen molar-refractivity contribution < 1.29 is 19.5 Å². The van der Waals surface area contributed by atoms with E-state index in [0.717, 1.165) is 5.39 Å². The van der Waals surface area contributed by atoms with Crippen LogP contribution in [0.4, 0.5) is 0 Å². The zero-order valence-corrected chi connectivity index (χ0v) is 11.3. The fourth-order valence-corrected chi connectivity index (χ4v) is 2.17. The van der Waals surface area contributed by atoms with Crippen LogP contribution >= 0.6 is 0 Å². The molecule has 1 aromatic heterocycles. The van der Waals surface area contributed by atoms with E-state index in [1.165, 1.54) is 13.2 Å². The van der Waals surface area contributed by atoms with Crippen LogP contribution in [0.1, 0.15) is 0 Å². The largest absolute Gasteiger partial charge is 0.504 e. The first kappa shape index (κ1) is 13.1. The first-order valence-electron chi connectivity index (χ1n) is 6.31. The van der Waals surface area contributed by atoms with E-state index in [9.17, 15) is 10.3 Å². The molecule has 0 fully saturated rings. The summed E-state index contributed by atoms with van der Waals surface area (Å²) in [5.41, 5.74) is 1.31. The summed E-state index contributed by atoms with van der Waals surface area (Å²) in [6, 6.07) is 13.8. The van der Waals surface area contributed by atoms with Gasteiger partial charge in [-0.15, -0.1) is 0 Å². The summed E-state index contributed by atoms with van der Waals surface area (Å²) in [4.78, 5) is 0. The smallest absolute Gasteiger partial charge is 0.161 e. The number of phenolic OH excluding ortho intramolecular Hbond substituents is 1. The average molecular weight is 283 g/mol. The van der Waals surface area contributed by atoms with Crippen molar-refractivity contribution in [3.05, 3.63) is 53.9 Å². The fourth-order valence-electron chi connectivity index (χ4n) is 2.17. The number of phenols is 1. The van der Waals surface area contributed by atoms with Gasteiger partial charge in [0, 0.05) is 17.0 Å². The Labute approximate surface area is 120 Å². The number of hydrogen-bond donors (Lipinski definition) is 2. The minimum absolute atomic E-state index is 0.0501. The van der Waals surface area contributed by atoms with Crippen molar-refractivity contribution in [2.75, 3.05) is 7.11 Å². The lowest BCUT2D eigenvalue weighted by Gasteiger charge is -2.07. The Kier molecular flexibility index (Phi) is 3.23. The van der Waals surface area contributed by atoms with E-state index < -0.39 is 0 Å². The minimum Gasteiger partial charge on any atom is -0.504 e. The van der Waals surface area contributed by atoms with E-state index in [0.29, 0.717) is 28.0 Å². The number of ether oxygens (including phenoxy) is 1. The molecule has 106 valence electrons. The van der Waals surface area contributed by atoms with Crippen LogP contribution in [0.3, 0.4) is 0 Å². The van der Waals surface area contributed by atoms with Crippen molar-refractivity contribution in [1.29, 1.82) is 0 Å². The predicted octanol–water partition coefficient (Wildman–Crippen LogP) is 3.10. The van der Waals surface area contributed by atoms with Crippen LogP contribution in [-0.2, 0) is 0 Å². The fraction of sp³-hybridized carbons (Fsp3) is 0.0625. The third-order valence-corrected chi connectivity index (χ3v) is 3.22. The summed E-state index contributed by atoms with van der Waals surface area (Å²) in [5.74, 6) is 0.909. The molecule has 0 atom stereocenters. The number of benzene rings is 2. The first-order valence-corrected chi connectivity index (χ1v) is 6.31. The van der Waals surface area contributed by atoms with Gasteiger partial charge in [-0.05, 0) is 30.3 Å². The summed E-state index contributed by atoms with van der Waals surface area (Å²) in [7, 11) is 1.48. The molecule has 1 heterocycles. The second-order valence-electron chi connectivity index (χ2n) is 4.48. The molecule has 0 aliphatic carbocycles. The summed E-state index contributed by atoms with van der Waals surface area (Å²) < 4.78 is 10.9. The van der Waals surface area contributed by atoms with Crippen molar-refractivity contribution in [1.82, 2.24) is 0 Å². The van der Waals surface area contributed by atoms with E-state index in [2.05, 4.69) is 5.16 Å². The lowest BCUT2D eigenvalue weighted by Crippen LogP contribution is -2.03. The van der Waals surface area contributed by atoms with Crippen LogP contribution in [0.15, 0.2) is 58.1 Å². The number of aromatic hydroxyl groups is 1. The molecule has 0 radical (unpaired) electrons. The minimum atomic E-state index is 0.0501. The van der Waals surface area contributed by atoms with Gasteiger partial charge < -0.3 is 19.5 Å². The Morgan fingerprint density at radius 3 is 2.67 bits per heavy atom. The Balaban J connectivity index is 2.26. The van der Waals surface area contributed by atoms with E-state index in [1.54, 1.807) is 24.3 Å². The van der Waals surface area contributed by atoms with Gasteiger partial charge in [-0.25, -0.2) is 0 Å². The highest BCUT2D eigenvalue weighted by Crippen LogP contribution is 2.31. The topological polar surface area (TPSA) is 75.2 Å². The first-order chi connectivity index (χ1) is 10.2. The molecule has 0 amide bonds. The standard InChI is InChI=1S/C16H13NO4/c1-20-16-8-10(6-7-13(16)18)15-9-12(17-19)11-4-2-3-5-14(11)21-15/h2-9,18-19H,1H3. The van der Waals surface area contributed by atoms with Crippen LogP contribution < -0.4 is 10.1 Å². The Morgan fingerprint density at radius 2 is 1.90 bits per heavy atom. The summed E-state index contributed by atoms with van der Waals surface area (Å²) >= 11 is 0. The van der Waals surface area contributed by atoms with Crippen molar-refractivity contribution in [2.24, 2.45) is 5.16 Å². The molecule has 21 heavy (non-hydrogen) atoms. The van der Waals surface area contributed by atoms with Crippen molar-refractivity contribution >= 4 is 11.0 Å². The van der Waals surface area contributed by atoms with Crippen LogP contribution in [0.2, 0.25) is 0 Å². The van der Waals surface area contributed by atoms with Gasteiger partial charge in [-0.1, -0.05) is 17.3 Å². The molecule has 2 N–H and O–H groups in total. The molecule has 2 aromatic carbocycles. The second kappa shape index (κ2) is 5.20. The quantitative estimate of drug-likeness (QED) is 0.559. The van der Waals surface area contributed by atoms with Crippen LogP contribution in [0.5, 0.6) is 11.5 Å². The van der Waals surface area contributed by atoms with Gasteiger partial charge in [-0.2, -0.15) is 0 Å². The van der Waals surface area contributed by atoms with E-state index in [1.807, 2.05) is 18.2 Å². The number of nitrogens with zero attached hydrogens (tertiary/aromatic N) is 1. The summed E-state index contributed by atoms with van der Waals surface area (Å²) in [6.45, 7) is 0. The molecule has 5 nitrogen and oxygen atoms in total. The highest BCUT2D eigenvalue weighted by Gasteiger charge is 2.09. The molecule has 0 saturated heterocycles. The highest BCUT2D eigenvalue weighted by atomic mass is 16.5. The molecule has 0 saturated carbocycles. The van der Waals surface area contributed by atoms with Gasteiger partial charge in [0.15, 0.2) is 11.5 Å². The lowest BCUT2D eigenvalue weighted by atomic mass is 10.1. The average Bonchev–Trinajstić information content (AvgIpc) is 2.54. The highest BCUT2D eigenvalue weighted by molar-refractivity contribution is 5.78. The molecule has 0 aliphatic rings. The van der Waals surface area contributed by atoms with Gasteiger partial charge in [0.1, 0.15) is 16.7 Å². The molecule has 5 heteroatoms. The molecule has 0 aliphatic heterocycles. The zero-order valence-electron chi connectivity index (χ0n) is 11.3. The third-order valence-electron chi connectivity index (χ3n) is 3.22. The zero-order chi connectivity index (χ0) is 14.8. The molecular weight excluding hydrogens is 270 g/mol. The van der Waals surface area contributed by atoms with Gasteiger partial charge in [-0.3, -0.25) is 0 Å². The number of rotatable bonds is 2. The van der Waals surface area contributed by atoms with E-state index >= 15 is 0 Å². The monoisotopic (exact) mass is 283 g/mol. The van der Waals surface area contributed by atoms with Gasteiger partial charge >= 0.3 is 0 Å². The lowest BCUT2D eigenvalue weighted by molar-refractivity contribution is 0.302. The van der Waals surface area contributed by atoms with Crippen LogP contribution in [0, 0.1) is 0 Å². The van der Waals surface area contributed by atoms with Crippen molar-refractivity contribution in [3.63, 3.8) is 0 Å². The normalized spacial score (nSPS) is 11.8. The summed E-state index contributed by atoms with van der Waals surface area (Å²) in [5, 5.41) is 23.2. The number of para-hydroxylation sites is 1. The molecule has 3 rings (SSSR count). The number of fused-ring (bicyclic) bond motifs is 1. The Bertz CT molecular complexity index is 868. The molecular formula is C16H13NO4. The molecule has 0 spiro atoms. The van der Waals surface area contributed by atoms with Crippen molar-refractivity contribution in [3.8, 4) is 22.8 Å². The molecule has 0 bridgehead atoms. The maximum absolute atomic E-state index is 9.64.